The summed E-state index contributed by atoms with van der Waals surface area (Å²) < 4.78 is 6.46. The molecule has 13 rings (SSSR count). The smallest absolute Gasteiger partial charge is 0.137 e. The first-order chi connectivity index (χ1) is 27.2. The van der Waals surface area contributed by atoms with Crippen LogP contribution in [0.2, 0.25) is 0 Å². The third-order valence-electron chi connectivity index (χ3n) is 15.7. The van der Waals surface area contributed by atoms with E-state index >= 15 is 0 Å². The van der Waals surface area contributed by atoms with Crippen LogP contribution in [-0.4, -0.2) is 0 Å². The van der Waals surface area contributed by atoms with Crippen LogP contribution in [0.3, 0.4) is 0 Å². The number of fused-ring (bicyclic) bond motifs is 7. The van der Waals surface area contributed by atoms with Gasteiger partial charge in [0.1, 0.15) is 11.2 Å². The number of anilines is 3. The molecule has 2 nitrogen and oxygen atoms in total. The zero-order valence-electron chi connectivity index (χ0n) is 33.2. The van der Waals surface area contributed by atoms with Crippen LogP contribution in [0.25, 0.3) is 44.2 Å². The molecule has 0 N–H and O–H groups in total. The Balaban J connectivity index is 1.00. The first-order valence-electron chi connectivity index (χ1n) is 21.4. The lowest BCUT2D eigenvalue weighted by Crippen LogP contribution is -2.55. The van der Waals surface area contributed by atoms with Crippen LogP contribution in [0, 0.1) is 23.7 Å². The highest BCUT2D eigenvalue weighted by Gasteiger charge is 2.61. The molecular formula is C54H51NO. The summed E-state index contributed by atoms with van der Waals surface area (Å²) >= 11 is 0. The van der Waals surface area contributed by atoms with Crippen LogP contribution in [-0.2, 0) is 16.2 Å². The van der Waals surface area contributed by atoms with Gasteiger partial charge in [0.15, 0.2) is 0 Å². The van der Waals surface area contributed by atoms with Crippen molar-refractivity contribution in [2.75, 3.05) is 4.90 Å². The number of hydrogen-bond donors (Lipinski definition) is 0. The number of rotatable bonds is 4. The van der Waals surface area contributed by atoms with Crippen molar-refractivity contribution in [2.24, 2.45) is 23.7 Å². The van der Waals surface area contributed by atoms with Gasteiger partial charge in [-0.25, -0.2) is 0 Å². The van der Waals surface area contributed by atoms with Gasteiger partial charge in [0.25, 0.3) is 0 Å². The molecule has 56 heavy (non-hydrogen) atoms. The Hall–Kier alpha value is -5.08. The fourth-order valence-electron chi connectivity index (χ4n) is 13.2. The van der Waals surface area contributed by atoms with E-state index in [-0.39, 0.29) is 16.2 Å². The lowest BCUT2D eigenvalue weighted by molar-refractivity contribution is -0.0399. The second kappa shape index (κ2) is 11.5. The molecule has 0 unspecified atom stereocenters. The maximum absolute atomic E-state index is 6.46. The van der Waals surface area contributed by atoms with Crippen molar-refractivity contribution in [3.63, 3.8) is 0 Å². The van der Waals surface area contributed by atoms with E-state index in [1.165, 1.54) is 84.0 Å². The normalized spacial score (nSPS) is 26.1. The van der Waals surface area contributed by atoms with Crippen molar-refractivity contribution in [2.45, 2.75) is 88.9 Å². The Bertz CT molecular complexity index is 2700. The minimum absolute atomic E-state index is 0.104. The topological polar surface area (TPSA) is 16.4 Å². The average molecular weight is 730 g/mol. The Morgan fingerprint density at radius 2 is 1.14 bits per heavy atom. The molecule has 2 heteroatoms. The Morgan fingerprint density at radius 3 is 1.93 bits per heavy atom. The lowest BCUT2D eigenvalue weighted by atomic mass is 9.43. The molecule has 1 heterocycles. The first kappa shape index (κ1) is 33.1. The quantitative estimate of drug-likeness (QED) is 0.179. The zero-order chi connectivity index (χ0) is 37.6. The molecule has 0 aliphatic heterocycles. The first-order valence-corrected chi connectivity index (χ1v) is 21.4. The van der Waals surface area contributed by atoms with E-state index < -0.39 is 0 Å². The fraction of sp³-hybridized carbons (Fsp3) is 0.333. The van der Waals surface area contributed by atoms with E-state index in [0.29, 0.717) is 0 Å². The van der Waals surface area contributed by atoms with Gasteiger partial charge in [-0.05, 0) is 172 Å². The molecule has 0 amide bonds. The second-order valence-electron chi connectivity index (χ2n) is 19.6. The molecule has 4 saturated carbocycles. The van der Waals surface area contributed by atoms with Crippen molar-refractivity contribution in [1.82, 2.24) is 0 Å². The van der Waals surface area contributed by atoms with Gasteiger partial charge in [-0.1, -0.05) is 107 Å². The van der Waals surface area contributed by atoms with Gasteiger partial charge in [0.2, 0.25) is 0 Å². The van der Waals surface area contributed by atoms with Gasteiger partial charge in [-0.15, -0.1) is 0 Å². The molecule has 0 atom stereocenters. The van der Waals surface area contributed by atoms with Crippen molar-refractivity contribution < 1.29 is 4.42 Å². The molecule has 4 bridgehead atoms. The van der Waals surface area contributed by atoms with E-state index in [1.54, 1.807) is 11.1 Å². The molecule has 278 valence electrons. The zero-order valence-corrected chi connectivity index (χ0v) is 33.2. The summed E-state index contributed by atoms with van der Waals surface area (Å²) in [6, 6.07) is 48.7. The molecule has 1 aromatic heterocycles. The standard InChI is InChI=1S/C54H51NO/c1-52(2)24-25-53(3,4)47-32-40(21-23-45(47)52)55(48-13-9-15-50-51(48)43-11-6-8-14-49(43)56-50)39-19-16-35(17-20-39)36-18-22-42-41-10-5-7-12-44(41)54(46(42)31-36)37-27-33-26-34(29-37)30-38(54)28-33/h5-23,31-34,37-38H,24-30H2,1-4H3. The number of hydrogen-bond acceptors (Lipinski definition) is 2. The maximum atomic E-state index is 6.46. The summed E-state index contributed by atoms with van der Waals surface area (Å²) in [6.45, 7) is 9.68. The van der Waals surface area contributed by atoms with Crippen LogP contribution in [0.4, 0.5) is 17.1 Å². The number of nitrogens with zero attached hydrogens (tertiary/aromatic N) is 1. The van der Waals surface area contributed by atoms with Gasteiger partial charge >= 0.3 is 0 Å². The van der Waals surface area contributed by atoms with Crippen molar-refractivity contribution in [1.29, 1.82) is 0 Å². The Labute approximate surface area is 331 Å². The summed E-state index contributed by atoms with van der Waals surface area (Å²) in [7, 11) is 0. The van der Waals surface area contributed by atoms with Gasteiger partial charge in [0, 0.05) is 22.2 Å². The van der Waals surface area contributed by atoms with E-state index in [2.05, 4.69) is 160 Å². The highest BCUT2D eigenvalue weighted by atomic mass is 16.3. The van der Waals surface area contributed by atoms with E-state index in [9.17, 15) is 0 Å². The minimum Gasteiger partial charge on any atom is -0.456 e. The van der Waals surface area contributed by atoms with E-state index in [4.69, 9.17) is 4.42 Å². The van der Waals surface area contributed by atoms with Crippen LogP contribution >= 0.6 is 0 Å². The summed E-state index contributed by atoms with van der Waals surface area (Å²) in [6.07, 6.45) is 9.50. The van der Waals surface area contributed by atoms with Gasteiger partial charge < -0.3 is 9.32 Å². The largest absolute Gasteiger partial charge is 0.456 e. The monoisotopic (exact) mass is 729 g/mol. The summed E-state index contributed by atoms with van der Waals surface area (Å²) in [5.41, 5.74) is 17.6. The predicted octanol–water partition coefficient (Wildman–Crippen LogP) is 14.8. The molecule has 7 aromatic rings. The lowest BCUT2D eigenvalue weighted by Gasteiger charge is -2.61. The van der Waals surface area contributed by atoms with E-state index in [0.717, 1.165) is 57.0 Å². The van der Waals surface area contributed by atoms with Crippen molar-refractivity contribution >= 4 is 39.0 Å². The predicted molar refractivity (Wildman–Crippen MR) is 232 cm³/mol. The molecule has 1 spiro atoms. The van der Waals surface area contributed by atoms with Crippen LogP contribution in [0.5, 0.6) is 0 Å². The van der Waals surface area contributed by atoms with Gasteiger partial charge in [-0.2, -0.15) is 0 Å². The third-order valence-corrected chi connectivity index (χ3v) is 15.7. The van der Waals surface area contributed by atoms with Gasteiger partial charge in [0.05, 0.1) is 11.1 Å². The van der Waals surface area contributed by atoms with Crippen LogP contribution in [0.1, 0.15) is 94.9 Å². The number of para-hydroxylation sites is 1. The molecule has 0 radical (unpaired) electrons. The van der Waals surface area contributed by atoms with Crippen LogP contribution < -0.4 is 4.90 Å². The molecule has 6 aromatic carbocycles. The fourth-order valence-corrected chi connectivity index (χ4v) is 13.2. The van der Waals surface area contributed by atoms with E-state index in [1.807, 2.05) is 0 Å². The maximum Gasteiger partial charge on any atom is 0.137 e. The van der Waals surface area contributed by atoms with Crippen molar-refractivity contribution in [3.05, 3.63) is 150 Å². The molecule has 0 saturated heterocycles. The summed E-state index contributed by atoms with van der Waals surface area (Å²) in [5, 5.41) is 2.31. The molecule has 4 fully saturated rings. The number of furan rings is 1. The second-order valence-corrected chi connectivity index (χ2v) is 19.6. The highest BCUT2D eigenvalue weighted by molar-refractivity contribution is 6.13. The molecule has 6 aliphatic carbocycles. The average Bonchev–Trinajstić information content (AvgIpc) is 3.73. The minimum atomic E-state index is 0.104. The molecular weight excluding hydrogens is 679 g/mol. The molecule has 6 aliphatic rings. The summed E-state index contributed by atoms with van der Waals surface area (Å²) in [5.74, 6) is 3.41. The Morgan fingerprint density at radius 1 is 0.500 bits per heavy atom. The number of benzene rings is 6. The SMILES string of the molecule is CC1(C)CCC(C)(C)c2cc(N(c3ccc(-c4ccc5c(c4)C4(c6ccccc6-5)C5CC6CC(C5)CC4C6)cc3)c3cccc4oc5ccccc5c34)ccc21. The third kappa shape index (κ3) is 4.50. The summed E-state index contributed by atoms with van der Waals surface area (Å²) in [4.78, 5) is 2.48. The highest BCUT2D eigenvalue weighted by Crippen LogP contribution is 2.69. The van der Waals surface area contributed by atoms with Crippen LogP contribution in [0.15, 0.2) is 132 Å². The van der Waals surface area contributed by atoms with Gasteiger partial charge in [-0.3, -0.25) is 0 Å². The Kier molecular flexibility index (Phi) is 6.80. The van der Waals surface area contributed by atoms with Crippen molar-refractivity contribution in [3.8, 4) is 22.3 Å².